The van der Waals surface area contributed by atoms with Gasteiger partial charge in [0.2, 0.25) is 5.91 Å². The van der Waals surface area contributed by atoms with Gasteiger partial charge in [0, 0.05) is 29.7 Å². The molecule has 0 spiro atoms. The van der Waals surface area contributed by atoms with Gasteiger partial charge in [0.25, 0.3) is 11.8 Å². The predicted octanol–water partition coefficient (Wildman–Crippen LogP) is 4.21. The molecule has 32 heavy (non-hydrogen) atoms. The zero-order chi connectivity index (χ0) is 23.3. The molecule has 2 N–H and O–H groups in total. The van der Waals surface area contributed by atoms with Gasteiger partial charge in [-0.05, 0) is 67.3 Å². The van der Waals surface area contributed by atoms with E-state index in [9.17, 15) is 14.4 Å². The zero-order valence-electron chi connectivity index (χ0n) is 18.6. The van der Waals surface area contributed by atoms with Crippen LogP contribution in [0.15, 0.2) is 41.8 Å². The second-order valence-electron chi connectivity index (χ2n) is 8.61. The Morgan fingerprint density at radius 1 is 1.03 bits per heavy atom. The maximum Gasteiger partial charge on any atom is 0.262 e. The zero-order valence-corrected chi connectivity index (χ0v) is 20.2. The SMILES string of the molecule is CC(C)C(C)NC(=O)C(NC(=O)c1cccs1)C1CCN(C(=O)c2ccc(Cl)cc2)CC1. The highest BCUT2D eigenvalue weighted by Gasteiger charge is 2.35. The number of hydrogen-bond acceptors (Lipinski definition) is 4. The summed E-state index contributed by atoms with van der Waals surface area (Å²) in [6.07, 6.45) is 1.27. The molecule has 1 saturated heterocycles. The largest absolute Gasteiger partial charge is 0.352 e. The molecular formula is C24H30ClN3O3S. The second-order valence-corrected chi connectivity index (χ2v) is 9.99. The van der Waals surface area contributed by atoms with Crippen molar-refractivity contribution in [2.45, 2.75) is 45.7 Å². The van der Waals surface area contributed by atoms with Crippen molar-refractivity contribution in [3.8, 4) is 0 Å². The summed E-state index contributed by atoms with van der Waals surface area (Å²) in [5.74, 6) is -0.216. The van der Waals surface area contributed by atoms with Gasteiger partial charge in [-0.25, -0.2) is 0 Å². The van der Waals surface area contributed by atoms with E-state index in [1.54, 1.807) is 35.2 Å². The van der Waals surface area contributed by atoms with Gasteiger partial charge < -0.3 is 15.5 Å². The van der Waals surface area contributed by atoms with Gasteiger partial charge in [0.05, 0.1) is 4.88 Å². The van der Waals surface area contributed by atoms with Gasteiger partial charge in [-0.3, -0.25) is 14.4 Å². The summed E-state index contributed by atoms with van der Waals surface area (Å²) in [5, 5.41) is 8.43. The van der Waals surface area contributed by atoms with E-state index in [0.717, 1.165) is 0 Å². The van der Waals surface area contributed by atoms with Crippen LogP contribution in [0.5, 0.6) is 0 Å². The number of hydrogen-bond donors (Lipinski definition) is 2. The van der Waals surface area contributed by atoms with Crippen LogP contribution >= 0.6 is 22.9 Å². The Bertz CT molecular complexity index is 922. The first-order chi connectivity index (χ1) is 15.3. The molecule has 0 saturated carbocycles. The van der Waals surface area contributed by atoms with Crippen molar-refractivity contribution in [3.63, 3.8) is 0 Å². The lowest BCUT2D eigenvalue weighted by molar-refractivity contribution is -0.125. The Kier molecular flexibility index (Phi) is 8.32. The minimum atomic E-state index is -0.640. The van der Waals surface area contributed by atoms with Crippen molar-refractivity contribution in [1.29, 1.82) is 0 Å². The molecule has 1 aliphatic heterocycles. The van der Waals surface area contributed by atoms with Crippen LogP contribution in [0.1, 0.15) is 53.6 Å². The highest BCUT2D eigenvalue weighted by atomic mass is 35.5. The minimum Gasteiger partial charge on any atom is -0.352 e. The number of carbonyl (C=O) groups excluding carboxylic acids is 3. The monoisotopic (exact) mass is 475 g/mol. The molecule has 6 nitrogen and oxygen atoms in total. The van der Waals surface area contributed by atoms with Crippen molar-refractivity contribution >= 4 is 40.7 Å². The van der Waals surface area contributed by atoms with Gasteiger partial charge in [-0.2, -0.15) is 0 Å². The molecule has 3 rings (SSSR count). The Balaban J connectivity index is 1.68. The topological polar surface area (TPSA) is 78.5 Å². The van der Waals surface area contributed by atoms with E-state index < -0.39 is 6.04 Å². The smallest absolute Gasteiger partial charge is 0.262 e. The fraction of sp³-hybridized carbons (Fsp3) is 0.458. The normalized spacial score (nSPS) is 16.5. The number of nitrogens with one attached hydrogen (secondary N) is 2. The summed E-state index contributed by atoms with van der Waals surface area (Å²) >= 11 is 7.27. The predicted molar refractivity (Wildman–Crippen MR) is 128 cm³/mol. The minimum absolute atomic E-state index is 0.00443. The number of amides is 3. The van der Waals surface area contributed by atoms with Crippen LogP contribution in [0.2, 0.25) is 5.02 Å². The summed E-state index contributed by atoms with van der Waals surface area (Å²) in [7, 11) is 0. The molecule has 2 unspecified atom stereocenters. The number of likely N-dealkylation sites (tertiary alicyclic amines) is 1. The van der Waals surface area contributed by atoms with Crippen LogP contribution in [-0.4, -0.2) is 47.8 Å². The molecule has 0 aliphatic carbocycles. The molecule has 0 radical (unpaired) electrons. The molecule has 8 heteroatoms. The van der Waals surface area contributed by atoms with Gasteiger partial charge in [0.15, 0.2) is 0 Å². The number of halogens is 1. The quantitative estimate of drug-likeness (QED) is 0.629. The average molecular weight is 476 g/mol. The third-order valence-electron chi connectivity index (χ3n) is 6.07. The van der Waals surface area contributed by atoms with Crippen molar-refractivity contribution in [1.82, 2.24) is 15.5 Å². The molecule has 1 aromatic carbocycles. The standard InChI is InChI=1S/C24H30ClN3O3S/c1-15(2)16(3)26-23(30)21(27-22(29)20-5-4-14-32-20)17-10-12-28(13-11-17)24(31)18-6-8-19(25)9-7-18/h4-9,14-17,21H,10-13H2,1-3H3,(H,26,30)(H,27,29). The molecule has 1 aromatic heterocycles. The lowest BCUT2D eigenvalue weighted by Gasteiger charge is -2.36. The van der Waals surface area contributed by atoms with Gasteiger partial charge in [-0.15, -0.1) is 11.3 Å². The van der Waals surface area contributed by atoms with Gasteiger partial charge in [0.1, 0.15) is 6.04 Å². The highest BCUT2D eigenvalue weighted by molar-refractivity contribution is 7.12. The summed E-state index contributed by atoms with van der Waals surface area (Å²) in [6.45, 7) is 7.12. The number of rotatable bonds is 7. The molecule has 172 valence electrons. The van der Waals surface area contributed by atoms with Gasteiger partial charge >= 0.3 is 0 Å². The lowest BCUT2D eigenvalue weighted by Crippen LogP contribution is -2.55. The van der Waals surface area contributed by atoms with Crippen LogP contribution in [0.4, 0.5) is 0 Å². The van der Waals surface area contributed by atoms with Gasteiger partial charge in [-0.1, -0.05) is 31.5 Å². The fourth-order valence-electron chi connectivity index (χ4n) is 3.71. The van der Waals surface area contributed by atoms with Crippen molar-refractivity contribution in [2.75, 3.05) is 13.1 Å². The van der Waals surface area contributed by atoms with Crippen molar-refractivity contribution < 1.29 is 14.4 Å². The number of piperidine rings is 1. The van der Waals surface area contributed by atoms with Crippen molar-refractivity contribution in [3.05, 3.63) is 57.2 Å². The third kappa shape index (κ3) is 6.11. The number of thiophene rings is 1. The number of carbonyl (C=O) groups is 3. The van der Waals surface area contributed by atoms with Crippen LogP contribution in [0.25, 0.3) is 0 Å². The van der Waals surface area contributed by atoms with Crippen LogP contribution in [0.3, 0.4) is 0 Å². The summed E-state index contributed by atoms with van der Waals surface area (Å²) in [6, 6.07) is 9.78. The molecule has 2 heterocycles. The maximum atomic E-state index is 13.1. The Morgan fingerprint density at radius 2 is 1.69 bits per heavy atom. The third-order valence-corrected chi connectivity index (χ3v) is 7.19. The van der Waals surface area contributed by atoms with E-state index >= 15 is 0 Å². The summed E-state index contributed by atoms with van der Waals surface area (Å²) < 4.78 is 0. The molecule has 3 amide bonds. The first kappa shape index (κ1) is 24.3. The molecule has 1 fully saturated rings. The number of nitrogens with zero attached hydrogens (tertiary/aromatic N) is 1. The van der Waals surface area contributed by atoms with E-state index in [-0.39, 0.29) is 35.6 Å². The van der Waals surface area contributed by atoms with Crippen LogP contribution in [0, 0.1) is 11.8 Å². The van der Waals surface area contributed by atoms with Crippen LogP contribution < -0.4 is 10.6 Å². The molecule has 2 atom stereocenters. The summed E-state index contributed by atoms with van der Waals surface area (Å²) in [4.78, 5) is 41.0. The number of benzene rings is 1. The Hall–Kier alpha value is -2.38. The molecule has 2 aromatic rings. The van der Waals surface area contributed by atoms with Crippen LogP contribution in [-0.2, 0) is 4.79 Å². The Morgan fingerprint density at radius 3 is 2.25 bits per heavy atom. The molecular weight excluding hydrogens is 446 g/mol. The van der Waals surface area contributed by atoms with E-state index in [4.69, 9.17) is 11.6 Å². The van der Waals surface area contributed by atoms with E-state index in [1.807, 2.05) is 32.2 Å². The molecule has 1 aliphatic rings. The van der Waals surface area contributed by atoms with Crippen molar-refractivity contribution in [2.24, 2.45) is 11.8 Å². The van der Waals surface area contributed by atoms with E-state index in [1.165, 1.54) is 11.3 Å². The van der Waals surface area contributed by atoms with E-state index in [2.05, 4.69) is 10.6 Å². The molecule has 0 bridgehead atoms. The van der Waals surface area contributed by atoms with E-state index in [0.29, 0.717) is 41.4 Å². The second kappa shape index (κ2) is 11.0. The Labute approximate surface area is 198 Å². The summed E-state index contributed by atoms with van der Waals surface area (Å²) in [5.41, 5.74) is 0.596. The lowest BCUT2D eigenvalue weighted by atomic mass is 9.88. The fourth-order valence-corrected chi connectivity index (χ4v) is 4.46. The highest BCUT2D eigenvalue weighted by Crippen LogP contribution is 2.24. The average Bonchev–Trinajstić information content (AvgIpc) is 3.32. The first-order valence-corrected chi connectivity index (χ1v) is 12.2. The maximum absolute atomic E-state index is 13.1. The first-order valence-electron chi connectivity index (χ1n) is 11.0.